The van der Waals surface area contributed by atoms with Gasteiger partial charge in [0, 0.05) is 43.4 Å². The van der Waals surface area contributed by atoms with E-state index in [2.05, 4.69) is 21.7 Å². The first-order chi connectivity index (χ1) is 16.6. The molecule has 1 aliphatic heterocycles. The Balaban J connectivity index is 1.97. The third-order valence-electron chi connectivity index (χ3n) is 5.94. The van der Waals surface area contributed by atoms with Gasteiger partial charge in [0.05, 0.1) is 18.8 Å². The number of hydrogen-bond donors (Lipinski definition) is 1. The molecule has 1 N–H and O–H groups in total. The summed E-state index contributed by atoms with van der Waals surface area (Å²) in [7, 11) is 2.01. The SMILES string of the molecule is C[C@@H]1CN([C@@H](C)CO)S(=O)(=O)c2ccc(C#CCN(C)C)cc2O[C@H]1CN(C)Cc1ccccn1. The fourth-order valence-electron chi connectivity index (χ4n) is 3.96. The zero-order chi connectivity index (χ0) is 25.6. The lowest BCUT2D eigenvalue weighted by atomic mass is 10.0. The maximum atomic E-state index is 13.6. The first-order valence-corrected chi connectivity index (χ1v) is 13.2. The van der Waals surface area contributed by atoms with E-state index in [1.165, 1.54) is 4.31 Å². The Morgan fingerprint density at radius 2 is 2.03 bits per heavy atom. The second-order valence-corrected chi connectivity index (χ2v) is 11.3. The molecule has 0 spiro atoms. The predicted molar refractivity (Wildman–Crippen MR) is 136 cm³/mol. The highest BCUT2D eigenvalue weighted by Crippen LogP contribution is 2.34. The number of hydrogen-bond acceptors (Lipinski definition) is 7. The van der Waals surface area contributed by atoms with Crippen LogP contribution in [-0.4, -0.2) is 92.1 Å². The van der Waals surface area contributed by atoms with Crippen LogP contribution in [0.4, 0.5) is 0 Å². The van der Waals surface area contributed by atoms with Crippen molar-refractivity contribution >= 4 is 10.0 Å². The molecule has 8 nitrogen and oxygen atoms in total. The van der Waals surface area contributed by atoms with E-state index in [-0.39, 0.29) is 30.1 Å². The normalized spacial score (nSPS) is 20.8. The van der Waals surface area contributed by atoms with Gasteiger partial charge in [0.1, 0.15) is 16.7 Å². The summed E-state index contributed by atoms with van der Waals surface area (Å²) in [6, 6.07) is 10.2. The minimum absolute atomic E-state index is 0.0974. The Bertz CT molecular complexity index is 1140. The summed E-state index contributed by atoms with van der Waals surface area (Å²) >= 11 is 0. The summed E-state index contributed by atoms with van der Waals surface area (Å²) in [6.07, 6.45) is 1.49. The van der Waals surface area contributed by atoms with Gasteiger partial charge in [-0.2, -0.15) is 4.31 Å². The molecule has 0 unspecified atom stereocenters. The van der Waals surface area contributed by atoms with Gasteiger partial charge in [-0.3, -0.25) is 14.8 Å². The minimum atomic E-state index is -3.87. The van der Waals surface area contributed by atoms with Crippen LogP contribution in [0.5, 0.6) is 5.75 Å². The second kappa shape index (κ2) is 12.0. The van der Waals surface area contributed by atoms with Crippen molar-refractivity contribution in [3.05, 3.63) is 53.9 Å². The fraction of sp³-hybridized carbons (Fsp3) is 0.500. The summed E-state index contributed by atoms with van der Waals surface area (Å²) in [4.78, 5) is 8.59. The summed E-state index contributed by atoms with van der Waals surface area (Å²) in [5, 5.41) is 9.80. The van der Waals surface area contributed by atoms with Crippen molar-refractivity contribution in [1.29, 1.82) is 0 Å². The Kier molecular flexibility index (Phi) is 9.27. The number of nitrogens with zero attached hydrogens (tertiary/aromatic N) is 4. The van der Waals surface area contributed by atoms with Crippen molar-refractivity contribution in [3.8, 4) is 17.6 Å². The van der Waals surface area contributed by atoms with Crippen LogP contribution in [-0.2, 0) is 16.6 Å². The summed E-state index contributed by atoms with van der Waals surface area (Å²) in [5.41, 5.74) is 1.64. The van der Waals surface area contributed by atoms with E-state index in [0.717, 1.165) is 5.69 Å². The van der Waals surface area contributed by atoms with Crippen LogP contribution in [0.3, 0.4) is 0 Å². The first-order valence-electron chi connectivity index (χ1n) is 11.8. The number of pyridine rings is 1. The van der Waals surface area contributed by atoms with Gasteiger partial charge < -0.3 is 9.84 Å². The molecule has 2 heterocycles. The maximum absolute atomic E-state index is 13.6. The Labute approximate surface area is 209 Å². The molecule has 0 aliphatic carbocycles. The smallest absolute Gasteiger partial charge is 0.247 e. The Hall–Kier alpha value is -2.48. The van der Waals surface area contributed by atoms with Gasteiger partial charge in [-0.05, 0) is 58.4 Å². The van der Waals surface area contributed by atoms with Gasteiger partial charge in [-0.1, -0.05) is 24.8 Å². The van der Waals surface area contributed by atoms with E-state index < -0.39 is 16.1 Å². The van der Waals surface area contributed by atoms with E-state index in [1.807, 2.05) is 51.2 Å². The highest BCUT2D eigenvalue weighted by Gasteiger charge is 2.38. The van der Waals surface area contributed by atoms with Crippen LogP contribution in [0.1, 0.15) is 25.1 Å². The first kappa shape index (κ1) is 27.1. The molecule has 3 rings (SSSR count). The lowest BCUT2D eigenvalue weighted by molar-refractivity contribution is 0.0730. The lowest BCUT2D eigenvalue weighted by Crippen LogP contribution is -2.49. The summed E-state index contributed by atoms with van der Waals surface area (Å²) < 4.78 is 35.0. The van der Waals surface area contributed by atoms with Crippen LogP contribution in [0.25, 0.3) is 0 Å². The zero-order valence-electron chi connectivity index (χ0n) is 21.2. The van der Waals surface area contributed by atoms with E-state index in [4.69, 9.17) is 4.74 Å². The van der Waals surface area contributed by atoms with Gasteiger partial charge in [-0.15, -0.1) is 0 Å². The summed E-state index contributed by atoms with van der Waals surface area (Å²) in [6.45, 7) is 5.50. The van der Waals surface area contributed by atoms with Crippen molar-refractivity contribution < 1.29 is 18.3 Å². The van der Waals surface area contributed by atoms with Gasteiger partial charge >= 0.3 is 0 Å². The molecule has 9 heteroatoms. The molecule has 0 fully saturated rings. The number of sulfonamides is 1. The topological polar surface area (TPSA) is 86.2 Å². The summed E-state index contributed by atoms with van der Waals surface area (Å²) in [5.74, 6) is 6.35. The van der Waals surface area contributed by atoms with Crippen molar-refractivity contribution in [1.82, 2.24) is 19.1 Å². The molecule has 2 aromatic rings. The van der Waals surface area contributed by atoms with Crippen LogP contribution < -0.4 is 4.74 Å². The van der Waals surface area contributed by atoms with Gasteiger partial charge in [-0.25, -0.2) is 8.42 Å². The molecule has 35 heavy (non-hydrogen) atoms. The van der Waals surface area contributed by atoms with Gasteiger partial charge in [0.15, 0.2) is 0 Å². The molecule has 0 radical (unpaired) electrons. The predicted octanol–water partition coefficient (Wildman–Crippen LogP) is 1.90. The molecule has 3 atom stereocenters. The Morgan fingerprint density at radius 3 is 2.69 bits per heavy atom. The molecule has 0 saturated carbocycles. The number of benzene rings is 1. The largest absolute Gasteiger partial charge is 0.487 e. The van der Waals surface area contributed by atoms with Crippen molar-refractivity contribution in [2.45, 2.75) is 37.4 Å². The molecule has 0 amide bonds. The molecule has 0 bridgehead atoms. The van der Waals surface area contributed by atoms with Crippen molar-refractivity contribution in [3.63, 3.8) is 0 Å². The molecule has 1 aromatic heterocycles. The lowest BCUT2D eigenvalue weighted by Gasteiger charge is -2.37. The molecular weight excluding hydrogens is 464 g/mol. The third-order valence-corrected chi connectivity index (χ3v) is 7.96. The Morgan fingerprint density at radius 1 is 1.26 bits per heavy atom. The monoisotopic (exact) mass is 500 g/mol. The quantitative estimate of drug-likeness (QED) is 0.581. The second-order valence-electron chi connectivity index (χ2n) is 9.46. The van der Waals surface area contributed by atoms with Crippen LogP contribution >= 0.6 is 0 Å². The number of fused-ring (bicyclic) bond motifs is 1. The van der Waals surface area contributed by atoms with Gasteiger partial charge in [0.2, 0.25) is 10.0 Å². The fourth-order valence-corrected chi connectivity index (χ4v) is 5.79. The minimum Gasteiger partial charge on any atom is -0.487 e. The third kappa shape index (κ3) is 7.03. The number of rotatable bonds is 7. The van der Waals surface area contributed by atoms with Crippen LogP contribution in [0.2, 0.25) is 0 Å². The highest BCUT2D eigenvalue weighted by atomic mass is 32.2. The van der Waals surface area contributed by atoms with Crippen LogP contribution in [0, 0.1) is 17.8 Å². The number of likely N-dealkylation sites (N-methyl/N-ethyl adjacent to an activating group) is 1. The van der Waals surface area contributed by atoms with E-state index in [1.54, 1.807) is 31.3 Å². The molecule has 1 aliphatic rings. The van der Waals surface area contributed by atoms with E-state index in [9.17, 15) is 13.5 Å². The number of aliphatic hydroxyl groups is 1. The number of ether oxygens (including phenoxy) is 1. The highest BCUT2D eigenvalue weighted by molar-refractivity contribution is 7.89. The van der Waals surface area contributed by atoms with Gasteiger partial charge in [0.25, 0.3) is 0 Å². The number of aromatic nitrogens is 1. The van der Waals surface area contributed by atoms with Crippen molar-refractivity contribution in [2.75, 3.05) is 47.4 Å². The standard InChI is InChI=1S/C26H36N4O4S/c1-20-16-30(21(2)19-31)35(32,33)26-12-11-22(9-8-14-28(3)4)15-24(26)34-25(20)18-29(5)17-23-10-6-7-13-27-23/h6-7,10-13,15,20-21,25,31H,14,16-19H2,1-5H3/t20-,21+,25+/m1/s1. The average molecular weight is 501 g/mol. The number of aliphatic hydroxyl groups excluding tert-OH is 1. The average Bonchev–Trinajstić information content (AvgIpc) is 2.81. The van der Waals surface area contributed by atoms with E-state index in [0.29, 0.717) is 30.9 Å². The zero-order valence-corrected chi connectivity index (χ0v) is 22.0. The van der Waals surface area contributed by atoms with Crippen molar-refractivity contribution in [2.24, 2.45) is 5.92 Å². The molecule has 1 aromatic carbocycles. The van der Waals surface area contributed by atoms with Crippen LogP contribution in [0.15, 0.2) is 47.5 Å². The molecular formula is C26H36N4O4S. The molecule has 0 saturated heterocycles. The molecule has 190 valence electrons. The maximum Gasteiger partial charge on any atom is 0.247 e. The van der Waals surface area contributed by atoms with E-state index >= 15 is 0 Å².